The van der Waals surface area contributed by atoms with Crippen LogP contribution in [-0.2, 0) is 17.7 Å². The van der Waals surface area contributed by atoms with Crippen molar-refractivity contribution < 1.29 is 9.53 Å². The fraction of sp³-hybridized carbons (Fsp3) is 0.318. The van der Waals surface area contributed by atoms with Gasteiger partial charge in [0.1, 0.15) is 0 Å². The molecule has 0 N–H and O–H groups in total. The first kappa shape index (κ1) is 17.1. The Bertz CT molecular complexity index is 1020. The van der Waals surface area contributed by atoms with Gasteiger partial charge in [0.25, 0.3) is 5.91 Å². The van der Waals surface area contributed by atoms with Crippen molar-refractivity contribution in [1.82, 2.24) is 14.9 Å². The van der Waals surface area contributed by atoms with E-state index in [4.69, 9.17) is 9.72 Å². The number of hydrogen-bond acceptors (Lipinski definition) is 5. The second kappa shape index (κ2) is 7.20. The van der Waals surface area contributed by atoms with E-state index in [1.54, 1.807) is 0 Å². The Morgan fingerprint density at radius 3 is 2.71 bits per heavy atom. The van der Waals surface area contributed by atoms with Crippen LogP contribution in [0.5, 0.6) is 0 Å². The Balaban J connectivity index is 1.42. The number of anilines is 1. The number of hydrogen-bond donors (Lipinski definition) is 0. The van der Waals surface area contributed by atoms with Crippen molar-refractivity contribution >= 4 is 22.6 Å². The van der Waals surface area contributed by atoms with Crippen LogP contribution in [0, 0.1) is 0 Å². The molecule has 0 unspecified atom stereocenters. The molecule has 3 aromatic rings. The third-order valence-corrected chi connectivity index (χ3v) is 5.53. The van der Waals surface area contributed by atoms with Crippen LogP contribution in [0.15, 0.2) is 48.7 Å². The monoisotopic (exact) mass is 374 g/mol. The summed E-state index contributed by atoms with van der Waals surface area (Å²) < 4.78 is 5.42. The molecular formula is C22H22N4O2. The number of ether oxygens (including phenoxy) is 1. The third-order valence-electron chi connectivity index (χ3n) is 5.53. The minimum absolute atomic E-state index is 0.0639. The summed E-state index contributed by atoms with van der Waals surface area (Å²) >= 11 is 0. The van der Waals surface area contributed by atoms with Gasteiger partial charge in [0.2, 0.25) is 5.95 Å². The zero-order chi connectivity index (χ0) is 18.9. The Morgan fingerprint density at radius 2 is 1.82 bits per heavy atom. The number of nitrogens with zero attached hydrogens (tertiary/aromatic N) is 4. The molecule has 0 aliphatic carbocycles. The maximum atomic E-state index is 13.3. The summed E-state index contributed by atoms with van der Waals surface area (Å²) in [5.41, 5.74) is 2.85. The molecule has 28 heavy (non-hydrogen) atoms. The molecule has 142 valence electrons. The van der Waals surface area contributed by atoms with Gasteiger partial charge in [-0.05, 0) is 28.8 Å². The molecule has 0 atom stereocenters. The van der Waals surface area contributed by atoms with Gasteiger partial charge in [-0.1, -0.05) is 36.4 Å². The first-order chi connectivity index (χ1) is 13.8. The average Bonchev–Trinajstić information content (AvgIpc) is 2.78. The molecule has 3 heterocycles. The molecular weight excluding hydrogens is 352 g/mol. The lowest BCUT2D eigenvalue weighted by molar-refractivity contribution is 0.0733. The summed E-state index contributed by atoms with van der Waals surface area (Å²) in [6.45, 7) is 4.22. The van der Waals surface area contributed by atoms with E-state index in [0.717, 1.165) is 53.1 Å². The van der Waals surface area contributed by atoms with Gasteiger partial charge in [-0.15, -0.1) is 0 Å². The highest BCUT2D eigenvalue weighted by atomic mass is 16.5. The zero-order valence-electron chi connectivity index (χ0n) is 15.7. The molecule has 1 saturated heterocycles. The van der Waals surface area contributed by atoms with Crippen molar-refractivity contribution in [2.24, 2.45) is 0 Å². The molecule has 1 fully saturated rings. The molecule has 2 aliphatic heterocycles. The van der Waals surface area contributed by atoms with Crippen molar-refractivity contribution in [3.8, 4) is 0 Å². The number of benzene rings is 2. The van der Waals surface area contributed by atoms with Crippen molar-refractivity contribution in [2.75, 3.05) is 37.7 Å². The number of fused-ring (bicyclic) bond motifs is 2. The number of amides is 1. The Kier molecular flexibility index (Phi) is 4.41. The lowest BCUT2D eigenvalue weighted by Crippen LogP contribution is -2.39. The Labute approximate surface area is 163 Å². The molecule has 2 aromatic carbocycles. The summed E-state index contributed by atoms with van der Waals surface area (Å²) in [6, 6.07) is 13.9. The number of morpholine rings is 1. The van der Waals surface area contributed by atoms with E-state index in [2.05, 4.69) is 9.88 Å². The lowest BCUT2D eigenvalue weighted by atomic mass is 10.0. The van der Waals surface area contributed by atoms with Crippen LogP contribution in [0.25, 0.3) is 10.8 Å². The van der Waals surface area contributed by atoms with Crippen molar-refractivity contribution in [3.05, 3.63) is 65.5 Å². The van der Waals surface area contributed by atoms with Crippen LogP contribution in [0.1, 0.15) is 21.6 Å². The van der Waals surface area contributed by atoms with Crippen LogP contribution in [0.3, 0.4) is 0 Å². The van der Waals surface area contributed by atoms with Gasteiger partial charge < -0.3 is 14.5 Å². The SMILES string of the molecule is O=C(c1cccc2ccccc12)N1CCc2cnc(N3CCOCC3)nc2C1. The third kappa shape index (κ3) is 3.10. The van der Waals surface area contributed by atoms with Gasteiger partial charge in [0, 0.05) is 31.4 Å². The van der Waals surface area contributed by atoms with Crippen LogP contribution >= 0.6 is 0 Å². The van der Waals surface area contributed by atoms with Gasteiger partial charge in [0.05, 0.1) is 25.5 Å². The summed E-state index contributed by atoms with van der Waals surface area (Å²) in [7, 11) is 0. The largest absolute Gasteiger partial charge is 0.378 e. The molecule has 6 nitrogen and oxygen atoms in total. The molecule has 6 heteroatoms. The van der Waals surface area contributed by atoms with Gasteiger partial charge in [-0.3, -0.25) is 4.79 Å². The summed E-state index contributed by atoms with van der Waals surface area (Å²) in [4.78, 5) is 26.6. The summed E-state index contributed by atoms with van der Waals surface area (Å²) in [5.74, 6) is 0.801. The van der Waals surface area contributed by atoms with E-state index >= 15 is 0 Å². The molecule has 0 spiro atoms. The first-order valence-corrected chi connectivity index (χ1v) is 9.74. The predicted molar refractivity (Wildman–Crippen MR) is 107 cm³/mol. The number of carbonyl (C=O) groups excluding carboxylic acids is 1. The van der Waals surface area contributed by atoms with Crippen molar-refractivity contribution in [2.45, 2.75) is 13.0 Å². The minimum atomic E-state index is 0.0639. The molecule has 1 amide bonds. The highest BCUT2D eigenvalue weighted by Gasteiger charge is 2.25. The molecule has 2 aliphatic rings. The van der Waals surface area contributed by atoms with Crippen LogP contribution in [-0.4, -0.2) is 53.6 Å². The normalized spacial score (nSPS) is 16.9. The maximum Gasteiger partial charge on any atom is 0.254 e. The summed E-state index contributed by atoms with van der Waals surface area (Å²) in [5, 5.41) is 2.08. The first-order valence-electron chi connectivity index (χ1n) is 9.74. The van der Waals surface area contributed by atoms with E-state index in [0.29, 0.717) is 26.3 Å². The van der Waals surface area contributed by atoms with E-state index < -0.39 is 0 Å². The zero-order valence-corrected chi connectivity index (χ0v) is 15.7. The van der Waals surface area contributed by atoms with Crippen LogP contribution < -0.4 is 4.90 Å². The Morgan fingerprint density at radius 1 is 1.00 bits per heavy atom. The molecule has 0 bridgehead atoms. The van der Waals surface area contributed by atoms with Crippen molar-refractivity contribution in [1.29, 1.82) is 0 Å². The standard InChI is InChI=1S/C22H22N4O2/c27-21(19-7-3-5-16-4-1-2-6-18(16)19)26-9-8-17-14-23-22(24-20(17)15-26)25-10-12-28-13-11-25/h1-7,14H,8-13,15H2. The van der Waals surface area contributed by atoms with Crippen LogP contribution in [0.4, 0.5) is 5.95 Å². The van der Waals surface area contributed by atoms with E-state index in [-0.39, 0.29) is 5.91 Å². The molecule has 1 aromatic heterocycles. The van der Waals surface area contributed by atoms with Gasteiger partial charge in [0.15, 0.2) is 0 Å². The summed E-state index contributed by atoms with van der Waals surface area (Å²) in [6.07, 6.45) is 2.71. The Hall–Kier alpha value is -2.99. The smallest absolute Gasteiger partial charge is 0.254 e. The van der Waals surface area contributed by atoms with Crippen molar-refractivity contribution in [3.63, 3.8) is 0 Å². The van der Waals surface area contributed by atoms with E-state index in [9.17, 15) is 4.79 Å². The van der Waals surface area contributed by atoms with E-state index in [1.165, 1.54) is 0 Å². The molecule has 0 saturated carbocycles. The topological polar surface area (TPSA) is 58.6 Å². The molecule has 0 radical (unpaired) electrons. The van der Waals surface area contributed by atoms with Gasteiger partial charge >= 0.3 is 0 Å². The lowest BCUT2D eigenvalue weighted by Gasteiger charge is -2.31. The fourth-order valence-corrected chi connectivity index (χ4v) is 3.96. The quantitative estimate of drug-likeness (QED) is 0.690. The second-order valence-electron chi connectivity index (χ2n) is 7.24. The van der Waals surface area contributed by atoms with Crippen LogP contribution in [0.2, 0.25) is 0 Å². The second-order valence-corrected chi connectivity index (χ2v) is 7.24. The number of carbonyl (C=O) groups is 1. The predicted octanol–water partition coefficient (Wildman–Crippen LogP) is 2.66. The maximum absolute atomic E-state index is 13.3. The number of aromatic nitrogens is 2. The van der Waals surface area contributed by atoms with E-state index in [1.807, 2.05) is 53.6 Å². The highest BCUT2D eigenvalue weighted by Crippen LogP contribution is 2.24. The van der Waals surface area contributed by atoms with Gasteiger partial charge in [-0.2, -0.15) is 0 Å². The molecule has 5 rings (SSSR count). The minimum Gasteiger partial charge on any atom is -0.378 e. The fourth-order valence-electron chi connectivity index (χ4n) is 3.96. The van der Waals surface area contributed by atoms with Gasteiger partial charge in [-0.25, -0.2) is 9.97 Å². The highest BCUT2D eigenvalue weighted by molar-refractivity contribution is 6.07. The number of rotatable bonds is 2. The average molecular weight is 374 g/mol.